The molecule has 2 aliphatic rings. The molecule has 1 atom stereocenters. The third kappa shape index (κ3) is 4.24. The van der Waals surface area contributed by atoms with Gasteiger partial charge in [0, 0.05) is 25.2 Å². The molecule has 0 aromatic carbocycles. The van der Waals surface area contributed by atoms with E-state index >= 15 is 0 Å². The number of furan rings is 1. The second kappa shape index (κ2) is 8.23. The van der Waals surface area contributed by atoms with Crippen LogP contribution >= 0.6 is 0 Å². The minimum atomic E-state index is -0.191. The number of cyclic esters (lactones) is 1. The fraction of sp³-hybridized carbons (Fsp3) is 0.579. The van der Waals surface area contributed by atoms with Crippen LogP contribution in [0.25, 0.3) is 6.08 Å². The van der Waals surface area contributed by atoms with Gasteiger partial charge in [0.1, 0.15) is 12.4 Å². The van der Waals surface area contributed by atoms with Crippen molar-refractivity contribution in [2.24, 2.45) is 0 Å². The lowest BCUT2D eigenvalue weighted by molar-refractivity contribution is -0.127. The summed E-state index contributed by atoms with van der Waals surface area (Å²) >= 11 is 0. The maximum atomic E-state index is 12.3. The molecular weight excluding hydrogens is 320 g/mol. The molecule has 0 saturated carbocycles. The highest BCUT2D eigenvalue weighted by Crippen LogP contribution is 2.26. The van der Waals surface area contributed by atoms with Crippen molar-refractivity contribution in [1.29, 1.82) is 0 Å². The summed E-state index contributed by atoms with van der Waals surface area (Å²) in [5, 5.41) is 0. The van der Waals surface area contributed by atoms with Gasteiger partial charge in [-0.1, -0.05) is 19.8 Å². The molecule has 3 rings (SSSR count). The van der Waals surface area contributed by atoms with E-state index in [4.69, 9.17) is 9.15 Å². The van der Waals surface area contributed by atoms with E-state index in [1.807, 2.05) is 15.9 Å². The van der Waals surface area contributed by atoms with Crippen molar-refractivity contribution < 1.29 is 18.7 Å². The molecule has 0 aliphatic carbocycles. The lowest BCUT2D eigenvalue weighted by atomic mass is 10.00. The molecule has 0 bridgehead atoms. The Balaban J connectivity index is 1.52. The van der Waals surface area contributed by atoms with E-state index in [9.17, 15) is 9.59 Å². The van der Waals surface area contributed by atoms with Crippen LogP contribution in [0.15, 0.2) is 28.9 Å². The quantitative estimate of drug-likeness (QED) is 0.742. The van der Waals surface area contributed by atoms with E-state index in [1.54, 1.807) is 24.5 Å². The molecule has 2 amide bonds. The summed E-state index contributed by atoms with van der Waals surface area (Å²) in [6.07, 6.45) is 9.45. The van der Waals surface area contributed by atoms with Gasteiger partial charge in [0.05, 0.1) is 12.3 Å². The van der Waals surface area contributed by atoms with Gasteiger partial charge in [-0.2, -0.15) is 0 Å². The Morgan fingerprint density at radius 1 is 1.36 bits per heavy atom. The van der Waals surface area contributed by atoms with Gasteiger partial charge in [-0.15, -0.1) is 0 Å². The minimum Gasteiger partial charge on any atom is -0.465 e. The van der Waals surface area contributed by atoms with Crippen molar-refractivity contribution in [3.63, 3.8) is 0 Å². The molecule has 136 valence electrons. The van der Waals surface area contributed by atoms with Crippen molar-refractivity contribution in [3.8, 4) is 0 Å². The smallest absolute Gasteiger partial charge is 0.410 e. The van der Waals surface area contributed by atoms with Crippen LogP contribution in [-0.2, 0) is 9.53 Å². The van der Waals surface area contributed by atoms with E-state index in [0.29, 0.717) is 25.5 Å². The van der Waals surface area contributed by atoms with E-state index in [0.717, 1.165) is 32.1 Å². The lowest BCUT2D eigenvalue weighted by Crippen LogP contribution is -2.49. The van der Waals surface area contributed by atoms with Gasteiger partial charge in [-0.05, 0) is 37.5 Å². The van der Waals surface area contributed by atoms with Gasteiger partial charge in [0.2, 0.25) is 5.91 Å². The zero-order valence-electron chi connectivity index (χ0n) is 14.7. The summed E-state index contributed by atoms with van der Waals surface area (Å²) in [4.78, 5) is 28.1. The number of carbonyl (C=O) groups excluding carboxylic acids is 2. The van der Waals surface area contributed by atoms with E-state index in [-0.39, 0.29) is 24.1 Å². The Bertz CT molecular complexity index is 603. The van der Waals surface area contributed by atoms with Gasteiger partial charge in [0.15, 0.2) is 0 Å². The molecule has 25 heavy (non-hydrogen) atoms. The molecule has 0 N–H and O–H groups in total. The SMILES string of the molecule is CCCCC1COC(=O)N1C1CCN(C(=O)C=Cc2ccco2)CC1. The van der Waals surface area contributed by atoms with Gasteiger partial charge in [-0.3, -0.25) is 9.69 Å². The highest BCUT2D eigenvalue weighted by molar-refractivity contribution is 5.91. The average Bonchev–Trinajstić information content (AvgIpc) is 3.27. The first-order valence-electron chi connectivity index (χ1n) is 9.14. The Labute approximate surface area is 148 Å². The van der Waals surface area contributed by atoms with Gasteiger partial charge in [0.25, 0.3) is 0 Å². The molecule has 2 fully saturated rings. The molecule has 1 aromatic heterocycles. The predicted octanol–water partition coefficient (Wildman–Crippen LogP) is 3.29. The number of piperidine rings is 1. The largest absolute Gasteiger partial charge is 0.465 e. The van der Waals surface area contributed by atoms with Crippen molar-refractivity contribution in [2.45, 2.75) is 51.1 Å². The Hall–Kier alpha value is -2.24. The second-order valence-electron chi connectivity index (χ2n) is 6.69. The van der Waals surface area contributed by atoms with Crippen LogP contribution in [0, 0.1) is 0 Å². The summed E-state index contributed by atoms with van der Waals surface area (Å²) in [7, 11) is 0. The number of carbonyl (C=O) groups is 2. The molecule has 2 saturated heterocycles. The number of nitrogens with zero attached hydrogens (tertiary/aromatic N) is 2. The Morgan fingerprint density at radius 3 is 2.84 bits per heavy atom. The molecular formula is C19H26N2O4. The minimum absolute atomic E-state index is 0.0126. The molecule has 3 heterocycles. The zero-order chi connectivity index (χ0) is 17.6. The van der Waals surface area contributed by atoms with Gasteiger partial charge in [-0.25, -0.2) is 4.79 Å². The van der Waals surface area contributed by atoms with Crippen LogP contribution in [0.1, 0.15) is 44.8 Å². The molecule has 6 nitrogen and oxygen atoms in total. The monoisotopic (exact) mass is 346 g/mol. The predicted molar refractivity (Wildman–Crippen MR) is 93.8 cm³/mol. The molecule has 1 aromatic rings. The summed E-state index contributed by atoms with van der Waals surface area (Å²) in [5.41, 5.74) is 0. The zero-order valence-corrected chi connectivity index (χ0v) is 14.7. The molecule has 2 aliphatic heterocycles. The first kappa shape index (κ1) is 17.6. The first-order valence-corrected chi connectivity index (χ1v) is 9.14. The molecule has 1 unspecified atom stereocenters. The van der Waals surface area contributed by atoms with Crippen LogP contribution in [0.4, 0.5) is 4.79 Å². The Morgan fingerprint density at radius 2 is 2.16 bits per heavy atom. The summed E-state index contributed by atoms with van der Waals surface area (Å²) < 4.78 is 10.5. The fourth-order valence-corrected chi connectivity index (χ4v) is 3.59. The van der Waals surface area contributed by atoms with E-state index in [1.165, 1.54) is 0 Å². The third-order valence-corrected chi connectivity index (χ3v) is 5.00. The highest BCUT2D eigenvalue weighted by atomic mass is 16.6. The number of unbranched alkanes of at least 4 members (excludes halogenated alkanes) is 1. The van der Waals surface area contributed by atoms with Crippen LogP contribution in [-0.4, -0.2) is 53.6 Å². The standard InChI is InChI=1S/C19H26N2O4/c1-2-3-5-16-14-25-19(23)21(16)15-9-11-20(12-10-15)18(22)8-7-17-6-4-13-24-17/h4,6-8,13,15-16H,2-3,5,9-12,14H2,1H3. The van der Waals surface area contributed by atoms with Crippen LogP contribution in [0.5, 0.6) is 0 Å². The number of rotatable bonds is 6. The fourth-order valence-electron chi connectivity index (χ4n) is 3.59. The first-order chi connectivity index (χ1) is 12.2. The van der Waals surface area contributed by atoms with E-state index < -0.39 is 0 Å². The molecule has 0 spiro atoms. The second-order valence-corrected chi connectivity index (χ2v) is 6.69. The maximum absolute atomic E-state index is 12.3. The number of hydrogen-bond donors (Lipinski definition) is 0. The van der Waals surface area contributed by atoms with Crippen LogP contribution < -0.4 is 0 Å². The number of likely N-dealkylation sites (tertiary alicyclic amines) is 1. The van der Waals surface area contributed by atoms with E-state index in [2.05, 4.69) is 6.92 Å². The van der Waals surface area contributed by atoms with Crippen molar-refractivity contribution in [1.82, 2.24) is 9.80 Å². The number of amides is 2. The molecule has 0 radical (unpaired) electrons. The van der Waals surface area contributed by atoms with Crippen molar-refractivity contribution in [3.05, 3.63) is 30.2 Å². The van der Waals surface area contributed by atoms with Gasteiger partial charge >= 0.3 is 6.09 Å². The highest BCUT2D eigenvalue weighted by Gasteiger charge is 2.39. The summed E-state index contributed by atoms with van der Waals surface area (Å²) in [6, 6.07) is 3.97. The average molecular weight is 346 g/mol. The topological polar surface area (TPSA) is 63.0 Å². The van der Waals surface area contributed by atoms with Crippen LogP contribution in [0.3, 0.4) is 0 Å². The van der Waals surface area contributed by atoms with Gasteiger partial charge < -0.3 is 14.1 Å². The molecule has 6 heteroatoms. The van der Waals surface area contributed by atoms with Crippen molar-refractivity contribution in [2.75, 3.05) is 19.7 Å². The third-order valence-electron chi connectivity index (χ3n) is 5.00. The lowest BCUT2D eigenvalue weighted by Gasteiger charge is -2.37. The maximum Gasteiger partial charge on any atom is 0.410 e. The summed E-state index contributed by atoms with van der Waals surface area (Å²) in [6.45, 7) is 3.98. The Kier molecular flexibility index (Phi) is 5.79. The van der Waals surface area contributed by atoms with Crippen LogP contribution in [0.2, 0.25) is 0 Å². The normalized spacial score (nSPS) is 22.0. The number of ether oxygens (including phenoxy) is 1. The number of hydrogen-bond acceptors (Lipinski definition) is 4. The summed E-state index contributed by atoms with van der Waals surface area (Å²) in [5.74, 6) is 0.656. The van der Waals surface area contributed by atoms with Crippen molar-refractivity contribution >= 4 is 18.1 Å².